The molecular weight excluding hydrogens is 432 g/mol. The van der Waals surface area contributed by atoms with Gasteiger partial charge in [0.2, 0.25) is 11.8 Å². The summed E-state index contributed by atoms with van der Waals surface area (Å²) in [4.78, 5) is 17.7. The molecule has 1 amide bonds. The van der Waals surface area contributed by atoms with Crippen LogP contribution in [-0.2, 0) is 28.4 Å². The van der Waals surface area contributed by atoms with Gasteiger partial charge in [-0.3, -0.25) is 4.79 Å². The number of hydrogen-bond donors (Lipinski definition) is 1. The molecule has 1 fully saturated rings. The Labute approximate surface area is 200 Å². The third kappa shape index (κ3) is 4.59. The summed E-state index contributed by atoms with van der Waals surface area (Å²) in [5, 5.41) is 8.52. The number of pyridine rings is 1. The van der Waals surface area contributed by atoms with Crippen molar-refractivity contribution in [2.45, 2.75) is 44.9 Å². The molecule has 0 radical (unpaired) electrons. The lowest BCUT2D eigenvalue weighted by Gasteiger charge is -2.38. The van der Waals surface area contributed by atoms with Gasteiger partial charge in [0.1, 0.15) is 5.75 Å². The van der Waals surface area contributed by atoms with Crippen molar-refractivity contribution >= 4 is 16.9 Å². The summed E-state index contributed by atoms with van der Waals surface area (Å²) in [5.41, 5.74) is 4.94. The number of rotatable bonds is 8. The van der Waals surface area contributed by atoms with Gasteiger partial charge in [-0.2, -0.15) is 0 Å². The molecule has 3 aromatic rings. The number of fused-ring (bicyclic) bond motifs is 1. The summed E-state index contributed by atoms with van der Waals surface area (Å²) < 4.78 is 18.1. The summed E-state index contributed by atoms with van der Waals surface area (Å²) in [6.45, 7) is 6.01. The first-order valence-corrected chi connectivity index (χ1v) is 11.7. The first-order valence-electron chi connectivity index (χ1n) is 11.7. The molecule has 0 saturated carbocycles. The topological polar surface area (TPSA) is 87.5 Å². The number of carbonyl (C=O) groups excluding carboxylic acids is 1. The highest BCUT2D eigenvalue weighted by Crippen LogP contribution is 2.35. The van der Waals surface area contributed by atoms with Crippen molar-refractivity contribution < 1.29 is 19.0 Å². The van der Waals surface area contributed by atoms with E-state index in [1.54, 1.807) is 18.9 Å². The number of benzene rings is 1. The van der Waals surface area contributed by atoms with E-state index in [1.807, 2.05) is 26.1 Å². The van der Waals surface area contributed by atoms with Crippen LogP contribution in [-0.4, -0.2) is 54.6 Å². The Hall–Kier alpha value is -3.13. The Morgan fingerprint density at radius 2 is 1.85 bits per heavy atom. The molecule has 0 aliphatic carbocycles. The number of amides is 1. The van der Waals surface area contributed by atoms with E-state index in [-0.39, 0.29) is 11.3 Å². The number of methoxy groups -OCH3 is 2. The van der Waals surface area contributed by atoms with E-state index in [4.69, 9.17) is 19.2 Å². The van der Waals surface area contributed by atoms with Crippen LogP contribution < -0.4 is 14.8 Å². The van der Waals surface area contributed by atoms with Crippen molar-refractivity contribution in [2.75, 3.05) is 34.0 Å². The summed E-state index contributed by atoms with van der Waals surface area (Å²) in [6.07, 6.45) is 2.76. The number of aromatic nitrogens is 3. The van der Waals surface area contributed by atoms with Gasteiger partial charge >= 0.3 is 0 Å². The van der Waals surface area contributed by atoms with Crippen LogP contribution in [0.15, 0.2) is 24.3 Å². The monoisotopic (exact) mass is 466 g/mol. The molecule has 0 atom stereocenters. The predicted octanol–water partition coefficient (Wildman–Crippen LogP) is 3.40. The van der Waals surface area contributed by atoms with Crippen LogP contribution in [0.4, 0.5) is 0 Å². The molecule has 4 rings (SSSR count). The molecule has 182 valence electrons. The Morgan fingerprint density at radius 3 is 2.50 bits per heavy atom. The second-order valence-electron chi connectivity index (χ2n) is 9.03. The lowest BCUT2D eigenvalue weighted by molar-refractivity contribution is -0.121. The lowest BCUT2D eigenvalue weighted by Crippen LogP contribution is -2.44. The average molecular weight is 467 g/mol. The molecule has 0 unspecified atom stereocenters. The molecule has 8 heteroatoms. The highest BCUT2D eigenvalue weighted by molar-refractivity contribution is 5.86. The minimum Gasteiger partial charge on any atom is -0.497 e. The van der Waals surface area contributed by atoms with E-state index < -0.39 is 0 Å². The smallest absolute Gasteiger partial charge is 0.242 e. The van der Waals surface area contributed by atoms with Crippen LogP contribution in [0, 0.1) is 13.8 Å². The first-order chi connectivity index (χ1) is 16.4. The molecule has 2 aromatic heterocycles. The van der Waals surface area contributed by atoms with Crippen LogP contribution in [0.25, 0.3) is 11.0 Å². The van der Waals surface area contributed by atoms with Crippen molar-refractivity contribution in [3.63, 3.8) is 0 Å². The molecular formula is C26H34N4O4. The molecule has 1 N–H and O–H groups in total. The third-order valence-corrected chi connectivity index (χ3v) is 7.09. The normalized spacial score (nSPS) is 15.3. The maximum Gasteiger partial charge on any atom is 0.242 e. The minimum absolute atomic E-state index is 0.0384. The van der Waals surface area contributed by atoms with E-state index in [9.17, 15) is 4.79 Å². The van der Waals surface area contributed by atoms with E-state index in [0.29, 0.717) is 38.5 Å². The molecule has 8 nitrogen and oxygen atoms in total. The zero-order valence-corrected chi connectivity index (χ0v) is 20.7. The van der Waals surface area contributed by atoms with Gasteiger partial charge in [0.15, 0.2) is 5.65 Å². The summed E-state index contributed by atoms with van der Waals surface area (Å²) in [5.74, 6) is 1.43. The maximum atomic E-state index is 12.9. The van der Waals surface area contributed by atoms with Gasteiger partial charge in [-0.15, -0.1) is 5.10 Å². The van der Waals surface area contributed by atoms with Crippen molar-refractivity contribution in [1.29, 1.82) is 0 Å². The Morgan fingerprint density at radius 1 is 1.15 bits per heavy atom. The molecule has 34 heavy (non-hydrogen) atoms. The minimum atomic E-state index is -0.129. The number of nitrogens with zero attached hydrogens (tertiary/aromatic N) is 3. The number of ether oxygens (including phenoxy) is 3. The van der Waals surface area contributed by atoms with Gasteiger partial charge in [0.25, 0.3) is 0 Å². The molecule has 1 aromatic carbocycles. The van der Waals surface area contributed by atoms with E-state index in [0.717, 1.165) is 46.4 Å². The quantitative estimate of drug-likeness (QED) is 0.548. The maximum absolute atomic E-state index is 12.9. The molecule has 1 aliphatic rings. The van der Waals surface area contributed by atoms with E-state index >= 15 is 0 Å². The SMILES string of the molecule is COc1ccc(C2(CNC(=O)CCc3c(C)nc4c(c(OC)nn4C)c3C)CCOCC2)cc1. The fourth-order valence-corrected chi connectivity index (χ4v) is 4.98. The Bertz CT molecular complexity index is 1160. The van der Waals surface area contributed by atoms with Crippen LogP contribution in [0.5, 0.6) is 11.6 Å². The zero-order valence-electron chi connectivity index (χ0n) is 20.7. The zero-order chi connectivity index (χ0) is 24.3. The summed E-state index contributed by atoms with van der Waals surface area (Å²) >= 11 is 0. The van der Waals surface area contributed by atoms with Gasteiger partial charge in [-0.05, 0) is 61.9 Å². The lowest BCUT2D eigenvalue weighted by atomic mass is 9.74. The molecule has 0 bridgehead atoms. The van der Waals surface area contributed by atoms with Crippen molar-refractivity contribution in [1.82, 2.24) is 20.1 Å². The van der Waals surface area contributed by atoms with Gasteiger partial charge < -0.3 is 19.5 Å². The molecule has 1 saturated heterocycles. The number of hydrogen-bond acceptors (Lipinski definition) is 6. The second-order valence-corrected chi connectivity index (χ2v) is 9.03. The summed E-state index contributed by atoms with van der Waals surface area (Å²) in [6, 6.07) is 8.17. The standard InChI is InChI=1S/C26H34N4O4/c1-17-21(18(2)28-24-23(17)25(33-5)29-30(24)3)10-11-22(31)27-16-26(12-14-34-15-13-26)19-6-8-20(32-4)9-7-19/h6-9H,10-16H2,1-5H3,(H,27,31). The molecule has 3 heterocycles. The Balaban J connectivity index is 1.46. The highest BCUT2D eigenvalue weighted by atomic mass is 16.5. The third-order valence-electron chi connectivity index (χ3n) is 7.09. The largest absolute Gasteiger partial charge is 0.497 e. The van der Waals surface area contributed by atoms with Crippen LogP contribution in [0.2, 0.25) is 0 Å². The Kier molecular flexibility index (Phi) is 7.07. The van der Waals surface area contributed by atoms with E-state index in [1.165, 1.54) is 5.56 Å². The van der Waals surface area contributed by atoms with Gasteiger partial charge in [-0.1, -0.05) is 12.1 Å². The van der Waals surface area contributed by atoms with Crippen LogP contribution >= 0.6 is 0 Å². The molecule has 0 spiro atoms. The van der Waals surface area contributed by atoms with Crippen molar-refractivity contribution in [3.05, 3.63) is 46.6 Å². The highest BCUT2D eigenvalue weighted by Gasteiger charge is 2.35. The van der Waals surface area contributed by atoms with Crippen LogP contribution in [0.1, 0.15) is 41.6 Å². The van der Waals surface area contributed by atoms with Gasteiger partial charge in [0, 0.05) is 44.3 Å². The second kappa shape index (κ2) is 10.0. The number of nitrogens with one attached hydrogen (secondary N) is 1. The van der Waals surface area contributed by atoms with Gasteiger partial charge in [0.05, 0.1) is 19.6 Å². The van der Waals surface area contributed by atoms with Crippen molar-refractivity contribution in [2.24, 2.45) is 7.05 Å². The van der Waals surface area contributed by atoms with Crippen molar-refractivity contribution in [3.8, 4) is 11.6 Å². The average Bonchev–Trinajstić information content (AvgIpc) is 3.18. The van der Waals surface area contributed by atoms with Gasteiger partial charge in [-0.25, -0.2) is 9.67 Å². The molecule has 1 aliphatic heterocycles. The number of aryl methyl sites for hydroxylation is 3. The summed E-state index contributed by atoms with van der Waals surface area (Å²) in [7, 11) is 5.14. The van der Waals surface area contributed by atoms with Crippen LogP contribution in [0.3, 0.4) is 0 Å². The van der Waals surface area contributed by atoms with E-state index in [2.05, 4.69) is 29.5 Å². The fraction of sp³-hybridized carbons (Fsp3) is 0.500. The first kappa shape index (κ1) is 24.0. The predicted molar refractivity (Wildman–Crippen MR) is 131 cm³/mol. The number of carbonyl (C=O) groups is 1. The fourth-order valence-electron chi connectivity index (χ4n) is 4.98.